The van der Waals surface area contributed by atoms with Crippen molar-refractivity contribution in [1.29, 1.82) is 0 Å². The molecule has 2 amide bonds. The monoisotopic (exact) mass is 505 g/mol. The number of morpholine rings is 1. The lowest BCUT2D eigenvalue weighted by Gasteiger charge is -2.31. The first-order valence-corrected chi connectivity index (χ1v) is 12.9. The molecule has 3 aliphatic rings. The van der Waals surface area contributed by atoms with Gasteiger partial charge in [-0.25, -0.2) is 5.01 Å². The van der Waals surface area contributed by atoms with Crippen molar-refractivity contribution in [2.75, 3.05) is 18.1 Å². The fourth-order valence-electron chi connectivity index (χ4n) is 5.12. The minimum Gasteiger partial charge on any atom is -0.374 e. The highest BCUT2D eigenvalue weighted by molar-refractivity contribution is 8.01. The molecule has 3 aromatic rings. The molecule has 4 unspecified atom stereocenters. The molecule has 3 aromatic carbocycles. The normalized spacial score (nSPS) is 24.2. The van der Waals surface area contributed by atoms with Gasteiger partial charge in [0.25, 0.3) is 11.8 Å². The van der Waals surface area contributed by atoms with Crippen LogP contribution >= 0.6 is 23.4 Å². The molecule has 8 heteroatoms. The van der Waals surface area contributed by atoms with Crippen LogP contribution in [0.4, 0.5) is 5.69 Å². The van der Waals surface area contributed by atoms with Gasteiger partial charge in [0.15, 0.2) is 5.25 Å². The van der Waals surface area contributed by atoms with Crippen LogP contribution in [0.2, 0.25) is 5.02 Å². The van der Waals surface area contributed by atoms with Crippen molar-refractivity contribution in [3.05, 3.63) is 95.0 Å². The molecule has 0 radical (unpaired) electrons. The topological polar surface area (TPSA) is 61.9 Å². The number of ether oxygens (including phenoxy) is 1. The van der Waals surface area contributed by atoms with Crippen LogP contribution in [0.25, 0.3) is 0 Å². The summed E-state index contributed by atoms with van der Waals surface area (Å²) in [5, 5.41) is 1.08. The van der Waals surface area contributed by atoms with E-state index in [1.165, 1.54) is 16.8 Å². The van der Waals surface area contributed by atoms with Gasteiger partial charge in [-0.15, -0.1) is 11.8 Å². The molecule has 3 heterocycles. The lowest BCUT2D eigenvalue weighted by Crippen LogP contribution is -2.40. The van der Waals surface area contributed by atoms with Gasteiger partial charge in [0.1, 0.15) is 6.04 Å². The number of nitrogens with one attached hydrogen (secondary N) is 1. The highest BCUT2D eigenvalue weighted by atomic mass is 35.5. The number of nitrogens with zero attached hydrogens (tertiary/aromatic N) is 2. The van der Waals surface area contributed by atoms with Crippen LogP contribution < -0.4 is 10.3 Å². The third-order valence-electron chi connectivity index (χ3n) is 6.83. The maximum atomic E-state index is 13.5. The van der Waals surface area contributed by atoms with E-state index < -0.39 is 11.3 Å². The van der Waals surface area contributed by atoms with Crippen molar-refractivity contribution in [3.8, 4) is 0 Å². The van der Waals surface area contributed by atoms with Crippen LogP contribution in [-0.4, -0.2) is 47.4 Å². The number of hydrazine groups is 1. The van der Waals surface area contributed by atoms with Crippen molar-refractivity contribution in [2.45, 2.75) is 34.8 Å². The van der Waals surface area contributed by atoms with Crippen LogP contribution in [0.15, 0.2) is 83.8 Å². The number of carbonyl (C=O) groups excluding carboxylic acids is 2. The SMILES string of the molecule is O=C1NN(C(c2ccccc2)c2ccc(N3CC4CC3CO4)cc2)C(=O)C1Sc1ccccc1Cl. The van der Waals surface area contributed by atoms with Gasteiger partial charge in [-0.3, -0.25) is 15.0 Å². The van der Waals surface area contributed by atoms with E-state index in [9.17, 15) is 9.59 Å². The van der Waals surface area contributed by atoms with Crippen molar-refractivity contribution < 1.29 is 14.3 Å². The maximum absolute atomic E-state index is 13.5. The first-order chi connectivity index (χ1) is 17.1. The zero-order valence-electron chi connectivity index (χ0n) is 18.8. The Morgan fingerprint density at radius 1 is 0.943 bits per heavy atom. The average Bonchev–Trinajstić information content (AvgIpc) is 3.59. The lowest BCUT2D eigenvalue weighted by atomic mass is 9.97. The van der Waals surface area contributed by atoms with E-state index in [0.29, 0.717) is 22.1 Å². The van der Waals surface area contributed by atoms with E-state index in [4.69, 9.17) is 16.3 Å². The van der Waals surface area contributed by atoms with E-state index in [1.807, 2.05) is 60.7 Å². The van der Waals surface area contributed by atoms with E-state index in [1.54, 1.807) is 6.07 Å². The van der Waals surface area contributed by atoms with Crippen molar-refractivity contribution in [1.82, 2.24) is 10.4 Å². The number of hydrogen-bond donors (Lipinski definition) is 1. The molecule has 4 atom stereocenters. The van der Waals surface area contributed by atoms with Gasteiger partial charge in [0, 0.05) is 17.1 Å². The van der Waals surface area contributed by atoms with E-state index in [-0.39, 0.29) is 11.8 Å². The zero-order valence-corrected chi connectivity index (χ0v) is 20.4. The second-order valence-electron chi connectivity index (χ2n) is 9.01. The van der Waals surface area contributed by atoms with Crippen LogP contribution in [-0.2, 0) is 14.3 Å². The Bertz CT molecular complexity index is 1260. The third kappa shape index (κ3) is 4.18. The summed E-state index contributed by atoms with van der Waals surface area (Å²) in [5.41, 5.74) is 5.84. The highest BCUT2D eigenvalue weighted by Crippen LogP contribution is 2.38. The molecule has 35 heavy (non-hydrogen) atoms. The van der Waals surface area contributed by atoms with Gasteiger partial charge in [-0.1, -0.05) is 66.2 Å². The Labute approximate surface area is 213 Å². The molecule has 0 spiro atoms. The van der Waals surface area contributed by atoms with E-state index in [2.05, 4.69) is 22.5 Å². The Morgan fingerprint density at radius 2 is 1.66 bits per heavy atom. The standard InChI is InChI=1S/C27H24ClN3O3S/c28-22-8-4-5-9-23(22)35-25-26(32)29-31(27(25)33)24(17-6-2-1-3-7-17)18-10-12-19(13-11-18)30-15-21-14-20(30)16-34-21/h1-13,20-21,24-25H,14-16H2,(H,29,32). The van der Waals surface area contributed by atoms with E-state index in [0.717, 1.165) is 36.4 Å². The summed E-state index contributed by atoms with van der Waals surface area (Å²) in [6.07, 6.45) is 1.40. The predicted molar refractivity (Wildman–Crippen MR) is 136 cm³/mol. The number of benzene rings is 3. The molecule has 0 aromatic heterocycles. The minimum atomic E-state index is -0.902. The van der Waals surface area contributed by atoms with Crippen LogP contribution in [0.5, 0.6) is 0 Å². The van der Waals surface area contributed by atoms with Gasteiger partial charge in [-0.2, -0.15) is 0 Å². The van der Waals surface area contributed by atoms with Crippen LogP contribution in [0, 0.1) is 0 Å². The summed E-state index contributed by atoms with van der Waals surface area (Å²) in [5.74, 6) is -0.627. The fourth-order valence-corrected chi connectivity index (χ4v) is 6.36. The number of anilines is 1. The second kappa shape index (κ2) is 9.22. The first kappa shape index (κ1) is 22.5. The van der Waals surface area contributed by atoms with Gasteiger partial charge < -0.3 is 9.64 Å². The summed E-state index contributed by atoms with van der Waals surface area (Å²) in [6, 6.07) is 25.3. The second-order valence-corrected chi connectivity index (χ2v) is 10.6. The third-order valence-corrected chi connectivity index (χ3v) is 8.53. The number of carbonyl (C=O) groups is 2. The lowest BCUT2D eigenvalue weighted by molar-refractivity contribution is -0.131. The average molecular weight is 506 g/mol. The molecule has 6 rings (SSSR count). The molecule has 2 bridgehead atoms. The van der Waals surface area contributed by atoms with Gasteiger partial charge >= 0.3 is 0 Å². The summed E-state index contributed by atoms with van der Waals surface area (Å²) < 4.78 is 5.74. The van der Waals surface area contributed by atoms with Crippen molar-refractivity contribution in [2.24, 2.45) is 0 Å². The Morgan fingerprint density at radius 3 is 2.34 bits per heavy atom. The minimum absolute atomic E-state index is 0.285. The number of fused-ring (bicyclic) bond motifs is 2. The highest BCUT2D eigenvalue weighted by Gasteiger charge is 2.44. The molecule has 1 N–H and O–H groups in total. The Kier molecular flexibility index (Phi) is 5.92. The van der Waals surface area contributed by atoms with Gasteiger partial charge in [0.2, 0.25) is 0 Å². The quantitative estimate of drug-likeness (QED) is 0.502. The number of amides is 2. The molecule has 6 nitrogen and oxygen atoms in total. The summed E-state index contributed by atoms with van der Waals surface area (Å²) >= 11 is 7.47. The molecule has 3 aliphatic heterocycles. The molecule has 3 fully saturated rings. The predicted octanol–water partition coefficient (Wildman–Crippen LogP) is 4.44. The van der Waals surface area contributed by atoms with Gasteiger partial charge in [0.05, 0.1) is 23.8 Å². The van der Waals surface area contributed by atoms with E-state index >= 15 is 0 Å². The number of rotatable bonds is 6. The Hall–Kier alpha value is -3.00. The molecule has 0 saturated carbocycles. The van der Waals surface area contributed by atoms with Crippen molar-refractivity contribution in [3.63, 3.8) is 0 Å². The van der Waals surface area contributed by atoms with Crippen molar-refractivity contribution >= 4 is 40.9 Å². The summed E-state index contributed by atoms with van der Waals surface area (Å²) in [7, 11) is 0. The maximum Gasteiger partial charge on any atom is 0.265 e. The molecule has 178 valence electrons. The molecule has 3 saturated heterocycles. The number of thioether (sulfide) groups is 1. The zero-order chi connectivity index (χ0) is 23.9. The smallest absolute Gasteiger partial charge is 0.265 e. The Balaban J connectivity index is 1.29. The fraction of sp³-hybridized carbons (Fsp3) is 0.259. The molecular weight excluding hydrogens is 482 g/mol. The number of hydrogen-bond acceptors (Lipinski definition) is 5. The molecule has 0 aliphatic carbocycles. The largest absolute Gasteiger partial charge is 0.374 e. The van der Waals surface area contributed by atoms with Crippen LogP contribution in [0.1, 0.15) is 23.6 Å². The summed E-state index contributed by atoms with van der Waals surface area (Å²) in [6.45, 7) is 1.69. The van der Waals surface area contributed by atoms with Gasteiger partial charge in [-0.05, 0) is 41.8 Å². The number of halogens is 1. The summed E-state index contributed by atoms with van der Waals surface area (Å²) in [4.78, 5) is 29.6. The first-order valence-electron chi connectivity index (χ1n) is 11.7. The molecular formula is C27H24ClN3O3S. The van der Waals surface area contributed by atoms with Crippen LogP contribution in [0.3, 0.4) is 0 Å².